The second kappa shape index (κ2) is 3.33. The molecule has 1 aliphatic heterocycles. The number of nitrogens with one attached hydrogen (secondary N) is 1. The van der Waals surface area contributed by atoms with Crippen molar-refractivity contribution < 1.29 is 4.74 Å². The molecule has 1 heterocycles. The molecule has 0 bridgehead atoms. The molecule has 0 fully saturated rings. The van der Waals surface area contributed by atoms with E-state index in [9.17, 15) is 0 Å². The van der Waals surface area contributed by atoms with Crippen molar-refractivity contribution >= 4 is 6.02 Å². The minimum absolute atomic E-state index is 0.118. The first kappa shape index (κ1) is 9.06. The standard InChI is InChI=1S/C11H14N2O/c1-11(8-12-10(13-11)14-2)9-6-4-3-5-7-9/h3-7H,8H2,1-2H3,(H,12,13). The van der Waals surface area contributed by atoms with Crippen molar-refractivity contribution in [3.05, 3.63) is 35.9 Å². The zero-order valence-corrected chi connectivity index (χ0v) is 8.45. The SMILES string of the molecule is COC1=NCC(C)(c2ccccc2)N1. The number of hydrogen-bond acceptors (Lipinski definition) is 3. The van der Waals surface area contributed by atoms with Gasteiger partial charge >= 0.3 is 0 Å². The summed E-state index contributed by atoms with van der Waals surface area (Å²) in [6.45, 7) is 2.85. The third-order valence-electron chi connectivity index (χ3n) is 2.53. The van der Waals surface area contributed by atoms with Gasteiger partial charge in [-0.2, -0.15) is 0 Å². The van der Waals surface area contributed by atoms with Gasteiger partial charge < -0.3 is 10.1 Å². The van der Waals surface area contributed by atoms with Gasteiger partial charge in [0.25, 0.3) is 6.02 Å². The topological polar surface area (TPSA) is 33.6 Å². The van der Waals surface area contributed by atoms with Crippen molar-refractivity contribution in [3.63, 3.8) is 0 Å². The van der Waals surface area contributed by atoms with E-state index in [0.29, 0.717) is 6.02 Å². The van der Waals surface area contributed by atoms with Gasteiger partial charge in [-0.25, -0.2) is 4.99 Å². The molecule has 0 aliphatic carbocycles. The summed E-state index contributed by atoms with van der Waals surface area (Å²) >= 11 is 0. The van der Waals surface area contributed by atoms with Crippen LogP contribution in [0.25, 0.3) is 0 Å². The third-order valence-corrected chi connectivity index (χ3v) is 2.53. The number of aliphatic imine (C=N–C) groups is 1. The van der Waals surface area contributed by atoms with E-state index in [2.05, 4.69) is 29.4 Å². The number of nitrogens with zero attached hydrogens (tertiary/aromatic N) is 1. The Bertz CT molecular complexity index is 348. The normalized spacial score (nSPS) is 25.4. The van der Waals surface area contributed by atoms with Crippen LogP contribution in [0.4, 0.5) is 0 Å². The van der Waals surface area contributed by atoms with Crippen LogP contribution in [-0.2, 0) is 10.3 Å². The van der Waals surface area contributed by atoms with Crippen molar-refractivity contribution in [2.24, 2.45) is 4.99 Å². The van der Waals surface area contributed by atoms with E-state index < -0.39 is 0 Å². The third kappa shape index (κ3) is 1.45. The predicted octanol–water partition coefficient (Wildman–Crippen LogP) is 1.51. The Morgan fingerprint density at radius 2 is 2.07 bits per heavy atom. The van der Waals surface area contributed by atoms with E-state index in [4.69, 9.17) is 4.74 Å². The lowest BCUT2D eigenvalue weighted by Crippen LogP contribution is -2.40. The monoisotopic (exact) mass is 190 g/mol. The zero-order valence-electron chi connectivity index (χ0n) is 8.45. The van der Waals surface area contributed by atoms with E-state index in [1.165, 1.54) is 5.56 Å². The molecule has 1 aliphatic rings. The fraction of sp³-hybridized carbons (Fsp3) is 0.364. The molecule has 1 N–H and O–H groups in total. The number of benzene rings is 1. The summed E-state index contributed by atoms with van der Waals surface area (Å²) in [5.41, 5.74) is 1.11. The fourth-order valence-corrected chi connectivity index (χ4v) is 1.63. The number of ether oxygens (including phenoxy) is 1. The maximum Gasteiger partial charge on any atom is 0.285 e. The quantitative estimate of drug-likeness (QED) is 0.728. The molecule has 3 heteroatoms. The van der Waals surface area contributed by atoms with Crippen LogP contribution in [0.1, 0.15) is 12.5 Å². The van der Waals surface area contributed by atoms with Crippen LogP contribution in [0.5, 0.6) is 0 Å². The second-order valence-electron chi connectivity index (χ2n) is 3.65. The molecule has 0 saturated heterocycles. The van der Waals surface area contributed by atoms with Crippen molar-refractivity contribution in [1.29, 1.82) is 0 Å². The lowest BCUT2D eigenvalue weighted by atomic mass is 9.93. The summed E-state index contributed by atoms with van der Waals surface area (Å²) in [7, 11) is 1.63. The van der Waals surface area contributed by atoms with Gasteiger partial charge in [0.2, 0.25) is 0 Å². The minimum atomic E-state index is -0.118. The Morgan fingerprint density at radius 1 is 1.36 bits per heavy atom. The van der Waals surface area contributed by atoms with Gasteiger partial charge in [-0.15, -0.1) is 0 Å². The lowest BCUT2D eigenvalue weighted by molar-refractivity contribution is 0.365. The maximum atomic E-state index is 5.07. The molecule has 3 nitrogen and oxygen atoms in total. The Morgan fingerprint density at radius 3 is 2.64 bits per heavy atom. The van der Waals surface area contributed by atoms with Crippen LogP contribution in [0.2, 0.25) is 0 Å². The van der Waals surface area contributed by atoms with Gasteiger partial charge in [-0.1, -0.05) is 30.3 Å². The first-order valence-electron chi connectivity index (χ1n) is 4.67. The van der Waals surface area contributed by atoms with Crippen molar-refractivity contribution in [3.8, 4) is 0 Å². The molecule has 1 atom stereocenters. The molecule has 0 amide bonds. The Labute approximate surface area is 83.8 Å². The molecular weight excluding hydrogens is 176 g/mol. The Hall–Kier alpha value is -1.51. The molecule has 0 aromatic heterocycles. The smallest absolute Gasteiger partial charge is 0.285 e. The summed E-state index contributed by atoms with van der Waals surface area (Å²) in [6, 6.07) is 10.9. The molecule has 14 heavy (non-hydrogen) atoms. The van der Waals surface area contributed by atoms with Crippen molar-refractivity contribution in [1.82, 2.24) is 5.32 Å². The van der Waals surface area contributed by atoms with Gasteiger partial charge in [-0.3, -0.25) is 0 Å². The van der Waals surface area contributed by atoms with Crippen LogP contribution in [0.15, 0.2) is 35.3 Å². The number of amidine groups is 1. The minimum Gasteiger partial charge on any atom is -0.469 e. The van der Waals surface area contributed by atoms with Crippen LogP contribution in [0, 0.1) is 0 Å². The summed E-state index contributed by atoms with van der Waals surface area (Å²) in [6.07, 6.45) is 0. The highest BCUT2D eigenvalue weighted by Gasteiger charge is 2.32. The first-order valence-corrected chi connectivity index (χ1v) is 4.67. The first-order chi connectivity index (χ1) is 6.74. The van der Waals surface area contributed by atoms with Crippen LogP contribution in [0.3, 0.4) is 0 Å². The van der Waals surface area contributed by atoms with Gasteiger partial charge in [0.1, 0.15) is 0 Å². The molecule has 74 valence electrons. The summed E-state index contributed by atoms with van der Waals surface area (Å²) in [4.78, 5) is 4.27. The van der Waals surface area contributed by atoms with E-state index in [1.54, 1.807) is 7.11 Å². The summed E-state index contributed by atoms with van der Waals surface area (Å²) in [5, 5.41) is 3.26. The number of rotatable bonds is 1. The zero-order chi connectivity index (χ0) is 10.0. The van der Waals surface area contributed by atoms with Gasteiger partial charge in [0, 0.05) is 0 Å². The van der Waals surface area contributed by atoms with Crippen molar-refractivity contribution in [2.75, 3.05) is 13.7 Å². The van der Waals surface area contributed by atoms with Crippen LogP contribution in [-0.4, -0.2) is 19.7 Å². The lowest BCUT2D eigenvalue weighted by Gasteiger charge is -2.24. The maximum absolute atomic E-state index is 5.07. The fourth-order valence-electron chi connectivity index (χ4n) is 1.63. The van der Waals surface area contributed by atoms with Gasteiger partial charge in [0.15, 0.2) is 0 Å². The molecule has 1 aromatic carbocycles. The molecular formula is C11H14N2O. The van der Waals surface area contributed by atoms with Crippen LogP contribution >= 0.6 is 0 Å². The van der Waals surface area contributed by atoms with E-state index >= 15 is 0 Å². The Kier molecular flexibility index (Phi) is 2.15. The van der Waals surface area contributed by atoms with E-state index in [0.717, 1.165) is 6.54 Å². The largest absolute Gasteiger partial charge is 0.469 e. The predicted molar refractivity (Wildman–Crippen MR) is 56.2 cm³/mol. The van der Waals surface area contributed by atoms with Gasteiger partial charge in [-0.05, 0) is 12.5 Å². The molecule has 2 rings (SSSR count). The Balaban J connectivity index is 2.21. The molecule has 0 spiro atoms. The number of methoxy groups -OCH3 is 1. The van der Waals surface area contributed by atoms with Crippen LogP contribution < -0.4 is 5.32 Å². The van der Waals surface area contributed by atoms with Crippen molar-refractivity contribution in [2.45, 2.75) is 12.5 Å². The molecule has 0 radical (unpaired) electrons. The molecule has 0 saturated carbocycles. The summed E-state index contributed by atoms with van der Waals surface area (Å²) < 4.78 is 5.07. The van der Waals surface area contributed by atoms with E-state index in [-0.39, 0.29) is 5.54 Å². The average Bonchev–Trinajstić information content (AvgIpc) is 2.63. The molecule has 1 aromatic rings. The van der Waals surface area contributed by atoms with Gasteiger partial charge in [0.05, 0.1) is 19.2 Å². The number of hydrogen-bond donors (Lipinski definition) is 1. The van der Waals surface area contributed by atoms with E-state index in [1.807, 2.05) is 18.2 Å². The highest BCUT2D eigenvalue weighted by Crippen LogP contribution is 2.24. The highest BCUT2D eigenvalue weighted by molar-refractivity contribution is 5.76. The second-order valence-corrected chi connectivity index (χ2v) is 3.65. The average molecular weight is 190 g/mol. The molecule has 1 unspecified atom stereocenters. The summed E-state index contributed by atoms with van der Waals surface area (Å²) in [5.74, 6) is 0. The highest BCUT2D eigenvalue weighted by atomic mass is 16.5.